The van der Waals surface area contributed by atoms with Gasteiger partial charge in [-0.15, -0.1) is 0 Å². The fourth-order valence-electron chi connectivity index (χ4n) is 1.68. The highest BCUT2D eigenvalue weighted by molar-refractivity contribution is 6.32. The average molecular weight is 252 g/mol. The van der Waals surface area contributed by atoms with Gasteiger partial charge in [0.15, 0.2) is 0 Å². The molecule has 1 aromatic heterocycles. The highest BCUT2D eigenvalue weighted by Gasteiger charge is 2.11. The van der Waals surface area contributed by atoms with Gasteiger partial charge in [-0.3, -0.25) is 4.79 Å². The van der Waals surface area contributed by atoms with Gasteiger partial charge in [0.2, 0.25) is 0 Å². The van der Waals surface area contributed by atoms with Crippen molar-refractivity contribution in [1.29, 1.82) is 0 Å². The van der Waals surface area contributed by atoms with Crippen molar-refractivity contribution in [2.24, 2.45) is 0 Å². The highest BCUT2D eigenvalue weighted by Crippen LogP contribution is 2.23. The van der Waals surface area contributed by atoms with E-state index in [-0.39, 0.29) is 11.3 Å². The summed E-state index contributed by atoms with van der Waals surface area (Å²) in [6, 6.07) is 4.86. The fraction of sp³-hybridized carbons (Fsp3) is 0.167. The summed E-state index contributed by atoms with van der Waals surface area (Å²) in [7, 11) is 1.26. The first-order valence-corrected chi connectivity index (χ1v) is 5.33. The Balaban J connectivity index is 2.84. The zero-order valence-corrected chi connectivity index (χ0v) is 10.1. The molecule has 5 heteroatoms. The van der Waals surface area contributed by atoms with E-state index in [0.29, 0.717) is 15.8 Å². The number of carbonyl (C=O) groups excluding carboxylic acids is 1. The minimum atomic E-state index is -0.580. The SMILES string of the molecule is COC(=O)c1cc2c(C)c(Cl)ccc2c(=O)[nH]1. The van der Waals surface area contributed by atoms with Crippen LogP contribution in [0.25, 0.3) is 10.8 Å². The topological polar surface area (TPSA) is 59.2 Å². The first kappa shape index (κ1) is 11.7. The predicted molar refractivity (Wildman–Crippen MR) is 65.7 cm³/mol. The monoisotopic (exact) mass is 251 g/mol. The van der Waals surface area contributed by atoms with Crippen LogP contribution in [-0.2, 0) is 4.74 Å². The van der Waals surface area contributed by atoms with Crippen LogP contribution in [0.1, 0.15) is 16.1 Å². The predicted octanol–water partition coefficient (Wildman–Crippen LogP) is 2.28. The van der Waals surface area contributed by atoms with E-state index in [1.807, 2.05) is 0 Å². The van der Waals surface area contributed by atoms with Gasteiger partial charge in [-0.05, 0) is 36.1 Å². The van der Waals surface area contributed by atoms with E-state index in [2.05, 4.69) is 9.72 Å². The van der Waals surface area contributed by atoms with Crippen molar-refractivity contribution in [3.8, 4) is 0 Å². The van der Waals surface area contributed by atoms with E-state index in [1.54, 1.807) is 25.1 Å². The molecule has 88 valence electrons. The molecule has 4 nitrogen and oxygen atoms in total. The van der Waals surface area contributed by atoms with Gasteiger partial charge < -0.3 is 9.72 Å². The number of halogens is 1. The number of pyridine rings is 1. The van der Waals surface area contributed by atoms with Gasteiger partial charge in [0.1, 0.15) is 5.69 Å². The molecule has 0 bridgehead atoms. The summed E-state index contributed by atoms with van der Waals surface area (Å²) in [4.78, 5) is 25.6. The maximum Gasteiger partial charge on any atom is 0.354 e. The van der Waals surface area contributed by atoms with Crippen LogP contribution in [0.4, 0.5) is 0 Å². The summed E-state index contributed by atoms with van der Waals surface area (Å²) in [5.74, 6) is -0.580. The highest BCUT2D eigenvalue weighted by atomic mass is 35.5. The number of benzene rings is 1. The molecule has 0 atom stereocenters. The normalized spacial score (nSPS) is 10.5. The lowest BCUT2D eigenvalue weighted by Crippen LogP contribution is -2.14. The molecule has 0 fully saturated rings. The van der Waals surface area contributed by atoms with Gasteiger partial charge in [-0.1, -0.05) is 11.6 Å². The lowest BCUT2D eigenvalue weighted by molar-refractivity contribution is 0.0594. The Morgan fingerprint density at radius 1 is 1.35 bits per heavy atom. The number of ether oxygens (including phenoxy) is 1. The molecule has 1 N–H and O–H groups in total. The number of H-pyrrole nitrogens is 1. The number of aromatic nitrogens is 1. The third kappa shape index (κ3) is 1.91. The maximum atomic E-state index is 11.8. The Morgan fingerprint density at radius 3 is 2.71 bits per heavy atom. The second-order valence-electron chi connectivity index (χ2n) is 3.64. The number of hydrogen-bond donors (Lipinski definition) is 1. The van der Waals surface area contributed by atoms with Crippen LogP contribution in [0.5, 0.6) is 0 Å². The van der Waals surface area contributed by atoms with Crippen LogP contribution in [-0.4, -0.2) is 18.1 Å². The quantitative estimate of drug-likeness (QED) is 0.791. The third-order valence-electron chi connectivity index (χ3n) is 2.64. The number of hydrogen-bond acceptors (Lipinski definition) is 3. The Labute approximate surface area is 102 Å². The van der Waals surface area contributed by atoms with Crippen molar-refractivity contribution in [2.45, 2.75) is 6.92 Å². The number of aromatic amines is 1. The average Bonchev–Trinajstić information content (AvgIpc) is 2.33. The number of fused-ring (bicyclic) bond motifs is 1. The number of methoxy groups -OCH3 is 1. The van der Waals surface area contributed by atoms with Gasteiger partial charge in [0, 0.05) is 10.4 Å². The second-order valence-corrected chi connectivity index (χ2v) is 4.04. The maximum absolute atomic E-state index is 11.8. The Morgan fingerprint density at radius 2 is 2.06 bits per heavy atom. The van der Waals surface area contributed by atoms with E-state index in [0.717, 1.165) is 5.56 Å². The molecular weight excluding hydrogens is 242 g/mol. The van der Waals surface area contributed by atoms with Gasteiger partial charge in [0.05, 0.1) is 7.11 Å². The Bertz CT molecular complexity index is 661. The Kier molecular flexibility index (Phi) is 2.90. The van der Waals surface area contributed by atoms with Crippen LogP contribution in [0.3, 0.4) is 0 Å². The number of nitrogens with one attached hydrogen (secondary N) is 1. The van der Waals surface area contributed by atoms with Crippen molar-refractivity contribution in [2.75, 3.05) is 7.11 Å². The minimum Gasteiger partial charge on any atom is -0.464 e. The van der Waals surface area contributed by atoms with E-state index >= 15 is 0 Å². The zero-order chi connectivity index (χ0) is 12.6. The first-order valence-electron chi connectivity index (χ1n) is 4.95. The smallest absolute Gasteiger partial charge is 0.354 e. The number of aryl methyl sites for hydroxylation is 1. The largest absolute Gasteiger partial charge is 0.464 e. The molecule has 17 heavy (non-hydrogen) atoms. The third-order valence-corrected chi connectivity index (χ3v) is 3.05. The molecule has 2 aromatic rings. The molecule has 0 amide bonds. The molecule has 0 aliphatic heterocycles. The molecule has 0 saturated carbocycles. The van der Waals surface area contributed by atoms with Crippen molar-refractivity contribution < 1.29 is 9.53 Å². The summed E-state index contributed by atoms with van der Waals surface area (Å²) in [5.41, 5.74) is 0.554. The molecule has 0 aliphatic rings. The van der Waals surface area contributed by atoms with E-state index in [4.69, 9.17) is 11.6 Å². The van der Waals surface area contributed by atoms with Gasteiger partial charge >= 0.3 is 5.97 Å². The molecule has 1 aromatic carbocycles. The van der Waals surface area contributed by atoms with Gasteiger partial charge in [0.25, 0.3) is 5.56 Å². The fourth-order valence-corrected chi connectivity index (χ4v) is 1.84. The molecule has 1 heterocycles. The standard InChI is InChI=1S/C12H10ClNO3/c1-6-8-5-10(12(16)17-2)14-11(15)7(8)3-4-9(6)13/h3-5H,1-2H3,(H,14,15). The summed E-state index contributed by atoms with van der Waals surface area (Å²) in [6.07, 6.45) is 0. The lowest BCUT2D eigenvalue weighted by Gasteiger charge is -2.05. The first-order chi connectivity index (χ1) is 8.04. The Hall–Kier alpha value is -1.81. The van der Waals surface area contributed by atoms with Gasteiger partial charge in [-0.25, -0.2) is 4.79 Å². The lowest BCUT2D eigenvalue weighted by atomic mass is 10.1. The summed E-state index contributed by atoms with van der Waals surface area (Å²) in [6.45, 7) is 1.80. The zero-order valence-electron chi connectivity index (χ0n) is 9.33. The number of esters is 1. The molecule has 0 radical (unpaired) electrons. The van der Waals surface area contributed by atoms with Crippen molar-refractivity contribution >= 4 is 28.3 Å². The summed E-state index contributed by atoms with van der Waals surface area (Å²) in [5, 5.41) is 1.71. The second kappa shape index (κ2) is 4.22. The summed E-state index contributed by atoms with van der Waals surface area (Å²) < 4.78 is 4.57. The van der Waals surface area contributed by atoms with Crippen molar-refractivity contribution in [3.05, 3.63) is 44.8 Å². The van der Waals surface area contributed by atoms with Crippen LogP contribution >= 0.6 is 11.6 Å². The molecule has 2 rings (SSSR count). The summed E-state index contributed by atoms with van der Waals surface area (Å²) >= 11 is 5.98. The molecular formula is C12H10ClNO3. The van der Waals surface area contributed by atoms with Crippen molar-refractivity contribution in [1.82, 2.24) is 4.98 Å². The van der Waals surface area contributed by atoms with Crippen LogP contribution in [0.2, 0.25) is 5.02 Å². The molecule has 0 spiro atoms. The van der Waals surface area contributed by atoms with Gasteiger partial charge in [-0.2, -0.15) is 0 Å². The van der Waals surface area contributed by atoms with E-state index < -0.39 is 5.97 Å². The minimum absolute atomic E-state index is 0.121. The van der Waals surface area contributed by atoms with E-state index in [1.165, 1.54) is 7.11 Å². The van der Waals surface area contributed by atoms with Crippen LogP contribution in [0.15, 0.2) is 23.0 Å². The van der Waals surface area contributed by atoms with Crippen LogP contribution in [0, 0.1) is 6.92 Å². The molecule has 0 aliphatic carbocycles. The van der Waals surface area contributed by atoms with E-state index in [9.17, 15) is 9.59 Å². The molecule has 0 unspecified atom stereocenters. The van der Waals surface area contributed by atoms with Crippen molar-refractivity contribution in [3.63, 3.8) is 0 Å². The number of carbonyl (C=O) groups is 1. The number of rotatable bonds is 1. The molecule has 0 saturated heterocycles. The van der Waals surface area contributed by atoms with Crippen LogP contribution < -0.4 is 5.56 Å².